The van der Waals surface area contributed by atoms with Crippen LogP contribution < -0.4 is 5.32 Å². The lowest BCUT2D eigenvalue weighted by molar-refractivity contribution is -0.115. The van der Waals surface area contributed by atoms with Crippen LogP contribution in [0.5, 0.6) is 5.75 Å². The third-order valence-electron chi connectivity index (χ3n) is 4.74. The van der Waals surface area contributed by atoms with Gasteiger partial charge < -0.3 is 10.4 Å². The fourth-order valence-corrected chi connectivity index (χ4v) is 5.61. The number of phenolic OH excluding ortho intramolecular Hbond substituents is 1. The number of carbonyl (C=O) groups excluding carboxylic acids is 1. The van der Waals surface area contributed by atoms with Gasteiger partial charge in [0.2, 0.25) is 5.91 Å². The molecule has 0 aliphatic heterocycles. The van der Waals surface area contributed by atoms with Crippen LogP contribution in [-0.4, -0.2) is 26.2 Å². The summed E-state index contributed by atoms with van der Waals surface area (Å²) in [7, 11) is 0. The molecule has 1 amide bonds. The van der Waals surface area contributed by atoms with E-state index < -0.39 is 5.25 Å². The smallest absolute Gasteiger partial charge is 0.237 e. The largest absolute Gasteiger partial charge is 0.506 e. The van der Waals surface area contributed by atoms with Crippen molar-refractivity contribution < 1.29 is 9.90 Å². The molecule has 0 radical (unpaired) electrons. The number of hydrogen-bond acceptors (Lipinski definition) is 6. The highest BCUT2D eigenvalue weighted by Gasteiger charge is 2.22. The minimum atomic E-state index is -0.459. The maximum Gasteiger partial charge on any atom is 0.237 e. The van der Waals surface area contributed by atoms with Crippen molar-refractivity contribution in [2.75, 3.05) is 5.32 Å². The van der Waals surface area contributed by atoms with Crippen molar-refractivity contribution in [2.45, 2.75) is 31.0 Å². The Morgan fingerprint density at radius 1 is 1.16 bits per heavy atom. The number of benzene rings is 2. The third kappa shape index (κ3) is 4.54. The zero-order chi connectivity index (χ0) is 22.1. The molecule has 2 N–H and O–H groups in total. The summed E-state index contributed by atoms with van der Waals surface area (Å²) in [5.74, 6) is 0.381. The predicted molar refractivity (Wildman–Crippen MR) is 129 cm³/mol. The van der Waals surface area contributed by atoms with Crippen molar-refractivity contribution in [2.24, 2.45) is 0 Å². The molecule has 0 saturated heterocycles. The minimum absolute atomic E-state index is 0.0324. The molecule has 8 heteroatoms. The van der Waals surface area contributed by atoms with Crippen molar-refractivity contribution in [3.63, 3.8) is 0 Å². The Morgan fingerprint density at radius 2 is 1.90 bits per heavy atom. The zero-order valence-electron chi connectivity index (χ0n) is 17.1. The number of fused-ring (bicyclic) bond motifs is 1. The van der Waals surface area contributed by atoms with Gasteiger partial charge in [0, 0.05) is 15.5 Å². The minimum Gasteiger partial charge on any atom is -0.506 e. The number of hydrogen-bond donors (Lipinski definition) is 2. The molecule has 31 heavy (non-hydrogen) atoms. The summed E-state index contributed by atoms with van der Waals surface area (Å²) in [6, 6.07) is 14.7. The molecule has 0 aliphatic carbocycles. The summed E-state index contributed by atoms with van der Waals surface area (Å²) in [4.78, 5) is 24.2. The van der Waals surface area contributed by atoms with E-state index in [1.807, 2.05) is 32.0 Å². The van der Waals surface area contributed by atoms with Crippen molar-refractivity contribution >= 4 is 56.5 Å². The highest BCUT2D eigenvalue weighted by molar-refractivity contribution is 8.00. The molecule has 4 aromatic rings. The van der Waals surface area contributed by atoms with E-state index in [0.29, 0.717) is 10.8 Å². The number of amides is 1. The molecule has 2 aromatic carbocycles. The lowest BCUT2D eigenvalue weighted by Gasteiger charge is -2.14. The van der Waals surface area contributed by atoms with E-state index in [4.69, 9.17) is 11.6 Å². The monoisotopic (exact) mass is 469 g/mol. The summed E-state index contributed by atoms with van der Waals surface area (Å²) in [6.07, 6.45) is 0. The second-order valence-corrected chi connectivity index (χ2v) is 10.0. The van der Waals surface area contributed by atoms with Gasteiger partial charge in [-0.15, -0.1) is 11.3 Å². The molecule has 2 aromatic heterocycles. The number of phenols is 1. The molecule has 5 nitrogen and oxygen atoms in total. The highest BCUT2D eigenvalue weighted by Crippen LogP contribution is 2.42. The van der Waals surface area contributed by atoms with Gasteiger partial charge in [-0.1, -0.05) is 53.7 Å². The number of anilines is 1. The number of nitrogens with zero attached hydrogens (tertiary/aromatic N) is 2. The first-order valence-corrected chi connectivity index (χ1v) is 11.7. The third-order valence-corrected chi connectivity index (χ3v) is 7.06. The molecular formula is C23H20ClN3O2S2. The van der Waals surface area contributed by atoms with Crippen LogP contribution in [0, 0.1) is 13.8 Å². The van der Waals surface area contributed by atoms with Gasteiger partial charge in [-0.25, -0.2) is 9.97 Å². The number of halogens is 1. The first-order chi connectivity index (χ1) is 14.8. The van der Waals surface area contributed by atoms with Crippen LogP contribution in [-0.2, 0) is 4.79 Å². The Bertz CT molecular complexity index is 1280. The Balaban J connectivity index is 1.69. The number of thioether (sulfide) groups is 1. The van der Waals surface area contributed by atoms with Crippen LogP contribution in [0.15, 0.2) is 53.6 Å². The number of carbonyl (C=O) groups is 1. The Hall–Kier alpha value is -2.61. The number of aromatic hydroxyl groups is 1. The standard InChI is InChI=1S/C23H20ClN3O2S2/c1-12-19(15-7-5-4-6-8-15)20-22(30-12)25-14(3)26-23(20)31-13(2)21(29)27-17-11-16(24)9-10-18(17)28/h4-11,13,28H,1-3H3,(H,27,29). The number of rotatable bonds is 5. The maximum atomic E-state index is 12.8. The summed E-state index contributed by atoms with van der Waals surface area (Å²) in [5.41, 5.74) is 2.48. The van der Waals surface area contributed by atoms with Crippen LogP contribution in [0.1, 0.15) is 17.6 Å². The summed E-state index contributed by atoms with van der Waals surface area (Å²) in [5, 5.41) is 14.5. The van der Waals surface area contributed by atoms with E-state index in [1.54, 1.807) is 17.4 Å². The predicted octanol–water partition coefficient (Wildman–Crippen LogP) is 6.45. The first-order valence-electron chi connectivity index (χ1n) is 9.62. The van der Waals surface area contributed by atoms with Crippen LogP contribution >= 0.6 is 34.7 Å². The summed E-state index contributed by atoms with van der Waals surface area (Å²) >= 11 is 8.99. The highest BCUT2D eigenvalue weighted by atomic mass is 35.5. The van der Waals surface area contributed by atoms with Crippen molar-refractivity contribution in [3.05, 3.63) is 64.3 Å². The van der Waals surface area contributed by atoms with Crippen LogP contribution in [0.25, 0.3) is 21.3 Å². The summed E-state index contributed by atoms with van der Waals surface area (Å²) < 4.78 is 0. The van der Waals surface area contributed by atoms with Gasteiger partial charge in [0.15, 0.2) is 0 Å². The van der Waals surface area contributed by atoms with E-state index in [9.17, 15) is 9.90 Å². The Morgan fingerprint density at radius 3 is 2.65 bits per heavy atom. The van der Waals surface area contributed by atoms with Gasteiger partial charge in [0.25, 0.3) is 0 Å². The van der Waals surface area contributed by atoms with Crippen LogP contribution in [0.3, 0.4) is 0 Å². The molecule has 158 valence electrons. The van der Waals surface area contributed by atoms with E-state index in [0.717, 1.165) is 31.2 Å². The SMILES string of the molecule is Cc1nc(SC(C)C(=O)Nc2cc(Cl)ccc2O)c2c(-c3ccccc3)c(C)sc2n1. The van der Waals surface area contributed by atoms with Crippen LogP contribution in [0.2, 0.25) is 5.02 Å². The zero-order valence-corrected chi connectivity index (χ0v) is 19.5. The number of aromatic nitrogens is 2. The summed E-state index contributed by atoms with van der Waals surface area (Å²) in [6.45, 7) is 5.75. The average Bonchev–Trinajstić information content (AvgIpc) is 3.06. The second kappa shape index (κ2) is 8.86. The van der Waals surface area contributed by atoms with Gasteiger partial charge >= 0.3 is 0 Å². The lowest BCUT2D eigenvalue weighted by Crippen LogP contribution is -2.22. The second-order valence-electron chi connectivity index (χ2n) is 7.07. The number of nitrogens with one attached hydrogen (secondary N) is 1. The van der Waals surface area contributed by atoms with Gasteiger partial charge in [-0.2, -0.15) is 0 Å². The lowest BCUT2D eigenvalue weighted by atomic mass is 10.0. The number of aryl methyl sites for hydroxylation is 2. The first kappa shape index (κ1) is 21.6. The fraction of sp³-hybridized carbons (Fsp3) is 0.174. The quantitative estimate of drug-likeness (QED) is 0.199. The molecule has 0 saturated carbocycles. The van der Waals surface area contributed by atoms with E-state index >= 15 is 0 Å². The van der Waals surface area contributed by atoms with Gasteiger partial charge in [0.1, 0.15) is 21.4 Å². The van der Waals surface area contributed by atoms with E-state index in [-0.39, 0.29) is 17.3 Å². The fourth-order valence-electron chi connectivity index (χ4n) is 3.28. The molecule has 0 spiro atoms. The van der Waals surface area contributed by atoms with Crippen molar-refractivity contribution in [1.29, 1.82) is 0 Å². The Labute approximate surface area is 193 Å². The molecule has 1 unspecified atom stereocenters. The van der Waals surface area contributed by atoms with Gasteiger partial charge in [-0.05, 0) is 44.5 Å². The molecule has 0 bridgehead atoms. The van der Waals surface area contributed by atoms with E-state index in [2.05, 4.69) is 34.3 Å². The molecule has 0 aliphatic rings. The van der Waals surface area contributed by atoms with Gasteiger partial charge in [0.05, 0.1) is 16.3 Å². The van der Waals surface area contributed by atoms with Crippen molar-refractivity contribution in [1.82, 2.24) is 9.97 Å². The molecule has 4 rings (SSSR count). The van der Waals surface area contributed by atoms with E-state index in [1.165, 1.54) is 23.9 Å². The van der Waals surface area contributed by atoms with Crippen LogP contribution in [0.4, 0.5) is 5.69 Å². The Kier molecular flexibility index (Phi) is 6.18. The normalized spacial score (nSPS) is 12.1. The van der Waals surface area contributed by atoms with Gasteiger partial charge in [-0.3, -0.25) is 4.79 Å². The molecular weight excluding hydrogens is 450 g/mol. The average molecular weight is 470 g/mol. The van der Waals surface area contributed by atoms with Crippen molar-refractivity contribution in [3.8, 4) is 16.9 Å². The molecule has 0 fully saturated rings. The maximum absolute atomic E-state index is 12.8. The number of thiophene rings is 1. The molecule has 1 atom stereocenters. The topological polar surface area (TPSA) is 75.1 Å². The molecule has 2 heterocycles.